The van der Waals surface area contributed by atoms with Crippen molar-refractivity contribution >= 4 is 42.9 Å². The average molecular weight is 476 g/mol. The lowest BCUT2D eigenvalue weighted by molar-refractivity contribution is 0.300. The van der Waals surface area contributed by atoms with E-state index in [4.69, 9.17) is 9.37 Å². The zero-order chi connectivity index (χ0) is 18.1. The third-order valence-electron chi connectivity index (χ3n) is 4.52. The van der Waals surface area contributed by atoms with Gasteiger partial charge in [-0.2, -0.15) is 0 Å². The van der Waals surface area contributed by atoms with Crippen LogP contribution >= 0.6 is 31.9 Å². The third-order valence-corrected chi connectivity index (χ3v) is 6.22. The molecule has 4 nitrogen and oxygen atoms in total. The lowest BCUT2D eigenvalue weighted by Crippen LogP contribution is -2.01. The molecule has 1 heterocycles. The summed E-state index contributed by atoms with van der Waals surface area (Å²) in [5.74, 6) is 0.825. The fourth-order valence-electron chi connectivity index (χ4n) is 2.96. The van der Waals surface area contributed by atoms with Crippen LogP contribution in [-0.4, -0.2) is 16.9 Å². The SMILES string of the molecule is CCCCCCCCCCCCOc1c(C)c(Br)c2nonc2c1Br. The smallest absolute Gasteiger partial charge is 0.154 e. The minimum absolute atomic E-state index is 0.690. The Morgan fingerprint density at radius 1 is 0.800 bits per heavy atom. The van der Waals surface area contributed by atoms with E-state index in [2.05, 4.69) is 49.1 Å². The molecule has 140 valence electrons. The monoisotopic (exact) mass is 474 g/mol. The van der Waals surface area contributed by atoms with E-state index >= 15 is 0 Å². The molecule has 25 heavy (non-hydrogen) atoms. The molecule has 0 atom stereocenters. The first kappa shape index (κ1) is 20.7. The molecule has 0 bridgehead atoms. The highest BCUT2D eigenvalue weighted by Crippen LogP contribution is 2.40. The summed E-state index contributed by atoms with van der Waals surface area (Å²) in [4.78, 5) is 0. The molecule has 2 rings (SSSR count). The lowest BCUT2D eigenvalue weighted by atomic mass is 10.1. The highest BCUT2D eigenvalue weighted by molar-refractivity contribution is 9.11. The summed E-state index contributed by atoms with van der Waals surface area (Å²) in [6, 6.07) is 0. The number of aromatic nitrogens is 2. The second-order valence-corrected chi connectivity index (χ2v) is 8.16. The van der Waals surface area contributed by atoms with E-state index in [0.717, 1.165) is 38.8 Å². The van der Waals surface area contributed by atoms with Crippen molar-refractivity contribution < 1.29 is 9.37 Å². The van der Waals surface area contributed by atoms with Crippen molar-refractivity contribution in [1.82, 2.24) is 10.3 Å². The van der Waals surface area contributed by atoms with Gasteiger partial charge in [0.2, 0.25) is 0 Å². The van der Waals surface area contributed by atoms with Gasteiger partial charge in [-0.15, -0.1) is 0 Å². The van der Waals surface area contributed by atoms with Crippen molar-refractivity contribution in [3.63, 3.8) is 0 Å². The van der Waals surface area contributed by atoms with E-state index in [0.29, 0.717) is 5.52 Å². The van der Waals surface area contributed by atoms with Crippen molar-refractivity contribution in [1.29, 1.82) is 0 Å². The zero-order valence-corrected chi connectivity index (χ0v) is 18.4. The predicted octanol–water partition coefficient (Wildman–Crippen LogP) is 7.36. The summed E-state index contributed by atoms with van der Waals surface area (Å²) >= 11 is 7.12. The molecule has 2 aromatic rings. The van der Waals surface area contributed by atoms with Gasteiger partial charge in [-0.1, -0.05) is 64.7 Å². The van der Waals surface area contributed by atoms with Gasteiger partial charge in [-0.05, 0) is 55.5 Å². The number of unbranched alkanes of at least 4 members (excludes halogenated alkanes) is 9. The molecule has 0 aliphatic rings. The molecular weight excluding hydrogens is 448 g/mol. The molecule has 0 spiro atoms. The van der Waals surface area contributed by atoms with Gasteiger partial charge < -0.3 is 4.74 Å². The molecule has 6 heteroatoms. The third kappa shape index (κ3) is 5.95. The van der Waals surface area contributed by atoms with Crippen molar-refractivity contribution in [3.05, 3.63) is 14.5 Å². The van der Waals surface area contributed by atoms with Crippen LogP contribution in [0.4, 0.5) is 0 Å². The number of hydrogen-bond donors (Lipinski definition) is 0. The van der Waals surface area contributed by atoms with Gasteiger partial charge in [-0.25, -0.2) is 4.63 Å². The molecular formula is C19H28Br2N2O2. The summed E-state index contributed by atoms with van der Waals surface area (Å²) in [6.45, 7) is 5.00. The van der Waals surface area contributed by atoms with Gasteiger partial charge in [0.25, 0.3) is 0 Å². The molecule has 0 fully saturated rings. The first-order chi connectivity index (χ1) is 12.2. The second kappa shape index (κ2) is 11.2. The van der Waals surface area contributed by atoms with Crippen LogP contribution in [0.25, 0.3) is 11.0 Å². The van der Waals surface area contributed by atoms with Crippen LogP contribution in [0, 0.1) is 6.92 Å². The molecule has 1 aromatic heterocycles. The topological polar surface area (TPSA) is 48.2 Å². The fraction of sp³-hybridized carbons (Fsp3) is 0.684. The first-order valence-electron chi connectivity index (χ1n) is 9.39. The van der Waals surface area contributed by atoms with E-state index in [-0.39, 0.29) is 0 Å². The molecule has 0 saturated heterocycles. The van der Waals surface area contributed by atoms with Crippen molar-refractivity contribution in [2.45, 2.75) is 78.1 Å². The van der Waals surface area contributed by atoms with Gasteiger partial charge in [0, 0.05) is 5.56 Å². The highest BCUT2D eigenvalue weighted by Gasteiger charge is 2.19. The van der Waals surface area contributed by atoms with Crippen LogP contribution < -0.4 is 4.74 Å². The summed E-state index contributed by atoms with van der Waals surface area (Å²) in [7, 11) is 0. The molecule has 0 saturated carbocycles. The molecule has 0 unspecified atom stereocenters. The van der Waals surface area contributed by atoms with E-state index in [1.807, 2.05) is 6.92 Å². The summed E-state index contributed by atoms with van der Waals surface area (Å²) in [5.41, 5.74) is 2.42. The number of benzene rings is 1. The Bertz CT molecular complexity index is 658. The van der Waals surface area contributed by atoms with Crippen LogP contribution in [0.2, 0.25) is 0 Å². The predicted molar refractivity (Wildman–Crippen MR) is 109 cm³/mol. The molecule has 1 aromatic carbocycles. The minimum atomic E-state index is 0.690. The van der Waals surface area contributed by atoms with Gasteiger partial charge in [-0.3, -0.25) is 0 Å². The van der Waals surface area contributed by atoms with Crippen LogP contribution in [0.1, 0.15) is 76.7 Å². The van der Waals surface area contributed by atoms with Crippen LogP contribution in [0.5, 0.6) is 5.75 Å². The fourth-order valence-corrected chi connectivity index (χ4v) is 4.07. The van der Waals surface area contributed by atoms with Gasteiger partial charge >= 0.3 is 0 Å². The molecule has 0 aliphatic heterocycles. The standard InChI is InChI=1S/C19H28Br2N2O2/c1-3-4-5-6-7-8-9-10-11-12-13-24-19-14(2)15(20)17-18(16(19)21)23-25-22-17/h3-13H2,1-2H3. The average Bonchev–Trinajstić information content (AvgIpc) is 3.10. The second-order valence-electron chi connectivity index (χ2n) is 6.57. The van der Waals surface area contributed by atoms with Gasteiger partial charge in [0.15, 0.2) is 11.0 Å². The van der Waals surface area contributed by atoms with Gasteiger partial charge in [0.05, 0.1) is 15.6 Å². The number of hydrogen-bond acceptors (Lipinski definition) is 4. The number of fused-ring (bicyclic) bond motifs is 1. The van der Waals surface area contributed by atoms with Crippen LogP contribution in [0.15, 0.2) is 13.6 Å². The minimum Gasteiger partial charge on any atom is -0.492 e. The Morgan fingerprint density at radius 3 is 1.92 bits per heavy atom. The number of rotatable bonds is 12. The van der Waals surface area contributed by atoms with E-state index < -0.39 is 0 Å². The number of nitrogens with zero attached hydrogens (tertiary/aromatic N) is 2. The molecule has 0 N–H and O–H groups in total. The maximum atomic E-state index is 6.01. The Hall–Kier alpha value is -0.620. The van der Waals surface area contributed by atoms with Crippen molar-refractivity contribution in [2.24, 2.45) is 0 Å². The van der Waals surface area contributed by atoms with Crippen molar-refractivity contribution in [3.8, 4) is 5.75 Å². The maximum Gasteiger partial charge on any atom is 0.154 e. The summed E-state index contributed by atoms with van der Waals surface area (Å²) in [5, 5.41) is 7.87. The Balaban J connectivity index is 1.66. The maximum absolute atomic E-state index is 6.01. The lowest BCUT2D eigenvalue weighted by Gasteiger charge is -2.12. The summed E-state index contributed by atoms with van der Waals surface area (Å²) in [6.07, 6.45) is 13.2. The Morgan fingerprint density at radius 2 is 1.32 bits per heavy atom. The quantitative estimate of drug-likeness (QED) is 0.301. The number of ether oxygens (including phenoxy) is 1. The van der Waals surface area contributed by atoms with Crippen molar-refractivity contribution in [2.75, 3.05) is 6.61 Å². The van der Waals surface area contributed by atoms with Gasteiger partial charge in [0.1, 0.15) is 5.75 Å². The Labute approximate surface area is 167 Å². The van der Waals surface area contributed by atoms with E-state index in [1.165, 1.54) is 57.8 Å². The molecule has 0 aliphatic carbocycles. The highest BCUT2D eigenvalue weighted by atomic mass is 79.9. The first-order valence-corrected chi connectivity index (χ1v) is 11.0. The number of halogens is 2. The molecule has 0 radical (unpaired) electrons. The van der Waals surface area contributed by atoms with Crippen LogP contribution in [-0.2, 0) is 0 Å². The van der Waals surface area contributed by atoms with Crippen LogP contribution in [0.3, 0.4) is 0 Å². The van der Waals surface area contributed by atoms with E-state index in [9.17, 15) is 0 Å². The van der Waals surface area contributed by atoms with E-state index in [1.54, 1.807) is 0 Å². The largest absolute Gasteiger partial charge is 0.492 e. The zero-order valence-electron chi connectivity index (χ0n) is 15.2. The summed E-state index contributed by atoms with van der Waals surface area (Å²) < 4.78 is 12.5. The normalized spacial score (nSPS) is 11.4. The molecule has 0 amide bonds. The Kier molecular flexibility index (Phi) is 9.24.